The maximum atomic E-state index is 5.83. The predicted molar refractivity (Wildman–Crippen MR) is 84.4 cm³/mol. The summed E-state index contributed by atoms with van der Waals surface area (Å²) in [6, 6.07) is 18.4. The van der Waals surface area contributed by atoms with E-state index in [4.69, 9.17) is 4.74 Å². The summed E-state index contributed by atoms with van der Waals surface area (Å²) < 4.78 is 8.16. The molecule has 0 saturated heterocycles. The van der Waals surface area contributed by atoms with Crippen LogP contribution in [-0.2, 0) is 13.0 Å². The minimum Gasteiger partial charge on any atom is -0.489 e. The van der Waals surface area contributed by atoms with Gasteiger partial charge in [-0.25, -0.2) is 9.55 Å². The molecule has 1 aromatic heterocycles. The van der Waals surface area contributed by atoms with Gasteiger partial charge in [-0.15, -0.1) is 0 Å². The fraction of sp³-hybridized carbons (Fsp3) is 0.278. The third-order valence-electron chi connectivity index (χ3n) is 3.61. The molecule has 0 unspecified atom stereocenters. The van der Waals surface area contributed by atoms with E-state index in [1.165, 1.54) is 16.9 Å². The Morgan fingerprint density at radius 1 is 1.00 bits per heavy atom. The lowest BCUT2D eigenvalue weighted by Gasteiger charge is -2.05. The summed E-state index contributed by atoms with van der Waals surface area (Å²) in [6.45, 7) is 3.73. The Kier molecular flexibility index (Phi) is 4.20. The number of para-hydroxylation sites is 3. The number of H-pyrrole nitrogens is 1. The third-order valence-corrected chi connectivity index (χ3v) is 3.61. The van der Waals surface area contributed by atoms with Crippen LogP contribution in [-0.4, -0.2) is 11.6 Å². The zero-order valence-corrected chi connectivity index (χ0v) is 12.4. The lowest BCUT2D eigenvalue weighted by atomic mass is 10.3. The second-order valence-electron chi connectivity index (χ2n) is 5.15. The Morgan fingerprint density at radius 3 is 2.57 bits per heavy atom. The molecule has 1 heterocycles. The lowest BCUT2D eigenvalue weighted by molar-refractivity contribution is -0.679. The van der Waals surface area contributed by atoms with Crippen molar-refractivity contribution in [2.24, 2.45) is 0 Å². The number of benzene rings is 2. The first kappa shape index (κ1) is 13.7. The molecule has 0 fully saturated rings. The molecular weight excluding hydrogens is 260 g/mol. The number of hydrogen-bond acceptors (Lipinski definition) is 1. The fourth-order valence-corrected chi connectivity index (χ4v) is 2.64. The predicted octanol–water partition coefficient (Wildman–Crippen LogP) is 3.49. The summed E-state index contributed by atoms with van der Waals surface area (Å²) in [6.07, 6.45) is 2.19. The molecule has 2 aromatic carbocycles. The number of aromatic amines is 1. The van der Waals surface area contributed by atoms with E-state index in [1.54, 1.807) is 0 Å². The average molecular weight is 281 g/mol. The zero-order valence-electron chi connectivity index (χ0n) is 12.4. The quantitative estimate of drug-likeness (QED) is 0.688. The number of aryl methyl sites for hydroxylation is 1. The third kappa shape index (κ3) is 3.07. The minimum absolute atomic E-state index is 0.674. The molecule has 0 radical (unpaired) electrons. The average Bonchev–Trinajstić information content (AvgIpc) is 2.87. The van der Waals surface area contributed by atoms with Gasteiger partial charge in [0.2, 0.25) is 0 Å². The first-order valence-electron chi connectivity index (χ1n) is 7.55. The van der Waals surface area contributed by atoms with E-state index in [1.807, 2.05) is 30.3 Å². The van der Waals surface area contributed by atoms with E-state index in [0.717, 1.165) is 25.1 Å². The summed E-state index contributed by atoms with van der Waals surface area (Å²) >= 11 is 0. The van der Waals surface area contributed by atoms with Crippen LogP contribution in [0.15, 0.2) is 54.6 Å². The number of nitrogens with zero attached hydrogens (tertiary/aromatic N) is 1. The zero-order chi connectivity index (χ0) is 14.5. The molecule has 0 aliphatic carbocycles. The van der Waals surface area contributed by atoms with Gasteiger partial charge in [0.1, 0.15) is 18.9 Å². The van der Waals surface area contributed by atoms with Crippen molar-refractivity contribution >= 4 is 11.0 Å². The Hall–Kier alpha value is -2.29. The van der Waals surface area contributed by atoms with Gasteiger partial charge in [-0.3, -0.25) is 0 Å². The van der Waals surface area contributed by atoms with Crippen LogP contribution >= 0.6 is 0 Å². The molecule has 0 amide bonds. The summed E-state index contributed by atoms with van der Waals surface area (Å²) in [5.41, 5.74) is 2.44. The number of ether oxygens (including phenoxy) is 1. The molecule has 0 atom stereocenters. The maximum absolute atomic E-state index is 5.83. The summed E-state index contributed by atoms with van der Waals surface area (Å²) in [5, 5.41) is 0. The van der Waals surface area contributed by atoms with Crippen LogP contribution in [0.4, 0.5) is 0 Å². The van der Waals surface area contributed by atoms with E-state index >= 15 is 0 Å². The second kappa shape index (κ2) is 6.44. The van der Waals surface area contributed by atoms with Gasteiger partial charge in [0.05, 0.1) is 0 Å². The molecule has 3 nitrogen and oxygen atoms in total. The van der Waals surface area contributed by atoms with Crippen LogP contribution < -0.4 is 9.30 Å². The molecule has 21 heavy (non-hydrogen) atoms. The smallest absolute Gasteiger partial charge is 0.255 e. The highest BCUT2D eigenvalue weighted by molar-refractivity contribution is 5.71. The lowest BCUT2D eigenvalue weighted by Crippen LogP contribution is -2.39. The van der Waals surface area contributed by atoms with Gasteiger partial charge < -0.3 is 4.74 Å². The van der Waals surface area contributed by atoms with E-state index in [-0.39, 0.29) is 0 Å². The van der Waals surface area contributed by atoms with Crippen LogP contribution in [0.5, 0.6) is 5.75 Å². The van der Waals surface area contributed by atoms with Crippen molar-refractivity contribution in [3.8, 4) is 5.75 Å². The molecule has 1 N–H and O–H groups in total. The van der Waals surface area contributed by atoms with Crippen molar-refractivity contribution in [1.82, 2.24) is 4.98 Å². The van der Waals surface area contributed by atoms with E-state index < -0.39 is 0 Å². The molecule has 0 spiro atoms. The van der Waals surface area contributed by atoms with E-state index in [9.17, 15) is 0 Å². The maximum Gasteiger partial charge on any atom is 0.255 e. The number of fused-ring (bicyclic) bond motifs is 1. The van der Waals surface area contributed by atoms with Crippen molar-refractivity contribution in [3.05, 3.63) is 60.4 Å². The monoisotopic (exact) mass is 281 g/mol. The standard InChI is InChI=1S/C18H20N2O/c1-2-8-18-19-16-11-6-7-12-17(16)20(18)13-14-21-15-9-4-3-5-10-15/h3-7,9-12H,2,8,13-14H2,1H3/p+1. The van der Waals surface area contributed by atoms with Gasteiger partial charge >= 0.3 is 0 Å². The Morgan fingerprint density at radius 2 is 1.76 bits per heavy atom. The molecular formula is C18H21N2O+. The number of hydrogen-bond donors (Lipinski definition) is 1. The molecule has 0 bridgehead atoms. The number of aromatic nitrogens is 2. The Labute approximate surface area is 125 Å². The molecule has 3 aromatic rings. The van der Waals surface area contributed by atoms with Crippen LogP contribution in [0.1, 0.15) is 19.2 Å². The highest BCUT2D eigenvalue weighted by Crippen LogP contribution is 2.11. The van der Waals surface area contributed by atoms with Gasteiger partial charge in [-0.1, -0.05) is 37.3 Å². The topological polar surface area (TPSA) is 28.9 Å². The minimum atomic E-state index is 0.674. The molecule has 108 valence electrons. The van der Waals surface area contributed by atoms with Crippen LogP contribution in [0.25, 0.3) is 11.0 Å². The van der Waals surface area contributed by atoms with E-state index in [2.05, 4.69) is 40.7 Å². The Balaban J connectivity index is 1.77. The van der Waals surface area contributed by atoms with Crippen molar-refractivity contribution < 1.29 is 9.30 Å². The highest BCUT2D eigenvalue weighted by Gasteiger charge is 2.16. The van der Waals surface area contributed by atoms with E-state index in [0.29, 0.717) is 6.61 Å². The summed E-state index contributed by atoms with van der Waals surface area (Å²) in [4.78, 5) is 3.52. The second-order valence-corrected chi connectivity index (χ2v) is 5.15. The molecule has 3 heteroatoms. The van der Waals surface area contributed by atoms with Crippen LogP contribution in [0.3, 0.4) is 0 Å². The van der Waals surface area contributed by atoms with Gasteiger partial charge in [0, 0.05) is 6.42 Å². The van der Waals surface area contributed by atoms with Gasteiger partial charge in [-0.05, 0) is 30.7 Å². The summed E-state index contributed by atoms with van der Waals surface area (Å²) in [7, 11) is 0. The number of imidazole rings is 1. The van der Waals surface area contributed by atoms with Crippen LogP contribution in [0.2, 0.25) is 0 Å². The molecule has 0 aliphatic heterocycles. The first-order chi connectivity index (χ1) is 10.4. The van der Waals surface area contributed by atoms with Gasteiger partial charge in [0.25, 0.3) is 5.82 Å². The largest absolute Gasteiger partial charge is 0.489 e. The fourth-order valence-electron chi connectivity index (χ4n) is 2.64. The molecule has 0 aliphatic rings. The van der Waals surface area contributed by atoms with Gasteiger partial charge in [0.15, 0.2) is 11.0 Å². The molecule has 3 rings (SSSR count). The van der Waals surface area contributed by atoms with Crippen molar-refractivity contribution in [3.63, 3.8) is 0 Å². The highest BCUT2D eigenvalue weighted by atomic mass is 16.5. The normalized spacial score (nSPS) is 10.9. The van der Waals surface area contributed by atoms with Crippen molar-refractivity contribution in [1.29, 1.82) is 0 Å². The van der Waals surface area contributed by atoms with Crippen molar-refractivity contribution in [2.45, 2.75) is 26.3 Å². The SMILES string of the molecule is CCCc1[nH]c2ccccc2[n+]1CCOc1ccccc1. The first-order valence-corrected chi connectivity index (χ1v) is 7.55. The van der Waals surface area contributed by atoms with Crippen LogP contribution in [0, 0.1) is 0 Å². The summed E-state index contributed by atoms with van der Waals surface area (Å²) in [5.74, 6) is 2.20. The molecule has 0 saturated carbocycles. The number of nitrogens with one attached hydrogen (secondary N) is 1. The van der Waals surface area contributed by atoms with Gasteiger partial charge in [-0.2, -0.15) is 0 Å². The Bertz CT molecular complexity index is 704. The number of rotatable bonds is 6. The van der Waals surface area contributed by atoms with Crippen molar-refractivity contribution in [2.75, 3.05) is 6.61 Å².